The summed E-state index contributed by atoms with van der Waals surface area (Å²) in [7, 11) is 0. The molecule has 19 heavy (non-hydrogen) atoms. The number of unbranched alkanes of at least 4 members (excludes halogenated alkanes) is 9. The second kappa shape index (κ2) is 16.3. The molecule has 1 unspecified atom stereocenters. The van der Waals surface area contributed by atoms with E-state index in [-0.39, 0.29) is 0 Å². The molecule has 116 valence electrons. The van der Waals surface area contributed by atoms with Gasteiger partial charge in [0.2, 0.25) is 0 Å². The highest BCUT2D eigenvalue weighted by molar-refractivity contribution is 6.17. The van der Waals surface area contributed by atoms with E-state index in [1.54, 1.807) is 0 Å². The summed E-state index contributed by atoms with van der Waals surface area (Å²) in [4.78, 5) is 0. The largest absolute Gasteiger partial charge is 0.316 e. The molecule has 0 aliphatic rings. The van der Waals surface area contributed by atoms with E-state index in [2.05, 4.69) is 19.2 Å². The Morgan fingerprint density at radius 1 is 0.842 bits per heavy atom. The second-order valence-electron chi connectivity index (χ2n) is 5.97. The third kappa shape index (κ3) is 16.2. The van der Waals surface area contributed by atoms with Gasteiger partial charge in [-0.15, -0.1) is 11.6 Å². The summed E-state index contributed by atoms with van der Waals surface area (Å²) in [6.45, 7) is 6.87. The fourth-order valence-electron chi connectivity index (χ4n) is 2.37. The molecule has 0 spiro atoms. The Kier molecular flexibility index (Phi) is 16.5. The van der Waals surface area contributed by atoms with Crippen LogP contribution in [-0.4, -0.2) is 19.0 Å². The molecule has 0 heterocycles. The Bertz CT molecular complexity index is 161. The Hall–Kier alpha value is 0.250. The van der Waals surface area contributed by atoms with E-state index in [1.165, 1.54) is 70.8 Å². The first kappa shape index (κ1) is 19.2. The van der Waals surface area contributed by atoms with Gasteiger partial charge in [0.15, 0.2) is 0 Å². The summed E-state index contributed by atoms with van der Waals surface area (Å²) in [5, 5.41) is 3.54. The molecule has 1 nitrogen and oxygen atoms in total. The van der Waals surface area contributed by atoms with Gasteiger partial charge in [0, 0.05) is 5.88 Å². The zero-order valence-corrected chi connectivity index (χ0v) is 14.1. The lowest BCUT2D eigenvalue weighted by molar-refractivity contribution is 0.486. The average molecular weight is 290 g/mol. The number of nitrogens with one attached hydrogen (secondary N) is 1. The van der Waals surface area contributed by atoms with Gasteiger partial charge in [-0.1, -0.05) is 71.6 Å². The molecule has 0 saturated carbocycles. The zero-order chi connectivity index (χ0) is 14.2. The molecule has 0 aliphatic heterocycles. The molecular formula is C17H36ClN. The lowest BCUT2D eigenvalue weighted by Crippen LogP contribution is -2.22. The quantitative estimate of drug-likeness (QED) is 0.298. The summed E-state index contributed by atoms with van der Waals surface area (Å²) in [6.07, 6.45) is 15.3. The Morgan fingerprint density at radius 3 is 1.89 bits per heavy atom. The highest BCUT2D eigenvalue weighted by Gasteiger charge is 1.99. The highest BCUT2D eigenvalue weighted by Crippen LogP contribution is 2.10. The van der Waals surface area contributed by atoms with Crippen LogP contribution in [-0.2, 0) is 0 Å². The molecule has 0 aliphatic carbocycles. The van der Waals surface area contributed by atoms with Crippen LogP contribution in [0.3, 0.4) is 0 Å². The van der Waals surface area contributed by atoms with Crippen molar-refractivity contribution in [2.24, 2.45) is 5.92 Å². The van der Waals surface area contributed by atoms with Crippen molar-refractivity contribution in [2.75, 3.05) is 19.0 Å². The maximum atomic E-state index is 5.72. The van der Waals surface area contributed by atoms with Crippen molar-refractivity contribution < 1.29 is 0 Å². The SMILES string of the molecule is CCCCCCCCCCCCNCC(C)CCCl. The summed E-state index contributed by atoms with van der Waals surface area (Å²) >= 11 is 5.72. The molecule has 0 bridgehead atoms. The molecule has 0 aromatic rings. The Morgan fingerprint density at radius 2 is 1.37 bits per heavy atom. The van der Waals surface area contributed by atoms with Crippen LogP contribution in [0.15, 0.2) is 0 Å². The van der Waals surface area contributed by atoms with Gasteiger partial charge in [-0.05, 0) is 31.8 Å². The van der Waals surface area contributed by atoms with Gasteiger partial charge in [0.25, 0.3) is 0 Å². The van der Waals surface area contributed by atoms with Crippen molar-refractivity contribution in [1.82, 2.24) is 5.32 Å². The van der Waals surface area contributed by atoms with Crippen LogP contribution in [0, 0.1) is 5.92 Å². The first-order chi connectivity index (χ1) is 9.31. The smallest absolute Gasteiger partial charge is 0.0226 e. The van der Waals surface area contributed by atoms with Crippen LogP contribution in [0.2, 0.25) is 0 Å². The zero-order valence-electron chi connectivity index (χ0n) is 13.4. The summed E-state index contributed by atoms with van der Waals surface area (Å²) in [5.41, 5.74) is 0. The molecule has 0 amide bonds. The third-order valence-corrected chi connectivity index (χ3v) is 4.02. The second-order valence-corrected chi connectivity index (χ2v) is 6.35. The number of hydrogen-bond acceptors (Lipinski definition) is 1. The van der Waals surface area contributed by atoms with E-state index in [9.17, 15) is 0 Å². The van der Waals surface area contributed by atoms with Crippen LogP contribution in [0.5, 0.6) is 0 Å². The molecule has 0 radical (unpaired) electrons. The standard InChI is InChI=1S/C17H36ClN/c1-3-4-5-6-7-8-9-10-11-12-15-19-16-17(2)13-14-18/h17,19H,3-16H2,1-2H3. The highest BCUT2D eigenvalue weighted by atomic mass is 35.5. The van der Waals surface area contributed by atoms with Gasteiger partial charge in [0.05, 0.1) is 0 Å². The normalized spacial score (nSPS) is 12.8. The van der Waals surface area contributed by atoms with Crippen molar-refractivity contribution in [3.8, 4) is 0 Å². The van der Waals surface area contributed by atoms with Gasteiger partial charge in [0.1, 0.15) is 0 Å². The Balaban J connectivity index is 2.99. The van der Waals surface area contributed by atoms with Crippen LogP contribution >= 0.6 is 11.6 Å². The molecule has 0 aromatic heterocycles. The molecule has 0 rings (SSSR count). The van der Waals surface area contributed by atoms with Crippen molar-refractivity contribution in [1.29, 1.82) is 0 Å². The summed E-state index contributed by atoms with van der Waals surface area (Å²) in [5.74, 6) is 1.52. The molecule has 0 aromatic carbocycles. The fraction of sp³-hybridized carbons (Fsp3) is 1.00. The monoisotopic (exact) mass is 289 g/mol. The van der Waals surface area contributed by atoms with Crippen molar-refractivity contribution in [3.63, 3.8) is 0 Å². The van der Waals surface area contributed by atoms with Crippen LogP contribution < -0.4 is 5.32 Å². The predicted molar refractivity (Wildman–Crippen MR) is 89.2 cm³/mol. The first-order valence-corrected chi connectivity index (χ1v) is 9.11. The molecule has 0 saturated heterocycles. The van der Waals surface area contributed by atoms with E-state index in [4.69, 9.17) is 11.6 Å². The first-order valence-electron chi connectivity index (χ1n) is 8.58. The van der Waals surface area contributed by atoms with Crippen molar-refractivity contribution in [3.05, 3.63) is 0 Å². The van der Waals surface area contributed by atoms with Gasteiger partial charge >= 0.3 is 0 Å². The lowest BCUT2D eigenvalue weighted by atomic mass is 10.1. The average Bonchev–Trinajstić information content (AvgIpc) is 2.40. The van der Waals surface area contributed by atoms with Gasteiger partial charge in [-0.3, -0.25) is 0 Å². The molecular weight excluding hydrogens is 254 g/mol. The molecule has 1 atom stereocenters. The Labute approximate surface area is 126 Å². The number of hydrogen-bond donors (Lipinski definition) is 1. The van der Waals surface area contributed by atoms with Gasteiger partial charge in [-0.25, -0.2) is 0 Å². The van der Waals surface area contributed by atoms with Crippen molar-refractivity contribution >= 4 is 11.6 Å². The summed E-state index contributed by atoms with van der Waals surface area (Å²) < 4.78 is 0. The van der Waals surface area contributed by atoms with Crippen molar-refractivity contribution in [2.45, 2.75) is 84.5 Å². The molecule has 0 fully saturated rings. The topological polar surface area (TPSA) is 12.0 Å². The van der Waals surface area contributed by atoms with E-state index in [0.717, 1.165) is 24.8 Å². The van der Waals surface area contributed by atoms with E-state index in [0.29, 0.717) is 0 Å². The predicted octanol–water partition coefficient (Wildman–Crippen LogP) is 5.76. The van der Waals surface area contributed by atoms with E-state index in [1.807, 2.05) is 0 Å². The van der Waals surface area contributed by atoms with Crippen LogP contribution in [0.4, 0.5) is 0 Å². The number of halogens is 1. The molecule has 2 heteroatoms. The minimum absolute atomic E-state index is 0.723. The maximum absolute atomic E-state index is 5.72. The lowest BCUT2D eigenvalue weighted by Gasteiger charge is -2.10. The minimum Gasteiger partial charge on any atom is -0.316 e. The number of alkyl halides is 1. The van der Waals surface area contributed by atoms with E-state index >= 15 is 0 Å². The van der Waals surface area contributed by atoms with Crippen LogP contribution in [0.25, 0.3) is 0 Å². The third-order valence-electron chi connectivity index (χ3n) is 3.80. The van der Waals surface area contributed by atoms with Gasteiger partial charge < -0.3 is 5.32 Å². The molecule has 1 N–H and O–H groups in total. The minimum atomic E-state index is 0.723. The van der Waals surface area contributed by atoms with E-state index < -0.39 is 0 Å². The summed E-state index contributed by atoms with van der Waals surface area (Å²) in [6, 6.07) is 0. The number of rotatable bonds is 15. The fourth-order valence-corrected chi connectivity index (χ4v) is 2.75. The maximum Gasteiger partial charge on any atom is 0.0226 e. The van der Waals surface area contributed by atoms with Gasteiger partial charge in [-0.2, -0.15) is 0 Å². The van der Waals surface area contributed by atoms with Crippen LogP contribution in [0.1, 0.15) is 84.5 Å².